The first kappa shape index (κ1) is 22.6. The Hall–Kier alpha value is -4.14. The summed E-state index contributed by atoms with van der Waals surface area (Å²) in [6.07, 6.45) is 3.85. The molecule has 180 valence electrons. The lowest BCUT2D eigenvalue weighted by Crippen LogP contribution is -2.24. The van der Waals surface area contributed by atoms with Crippen molar-refractivity contribution in [3.63, 3.8) is 0 Å². The molecule has 3 aromatic heterocycles. The van der Waals surface area contributed by atoms with Crippen LogP contribution in [0.3, 0.4) is 0 Å². The van der Waals surface area contributed by atoms with Crippen LogP contribution >= 0.6 is 0 Å². The molecule has 1 amide bonds. The second kappa shape index (κ2) is 9.25. The molecular formula is C26H27N5O4. The molecule has 4 aromatic rings. The number of ether oxygens (including phenoxy) is 3. The Labute approximate surface area is 203 Å². The van der Waals surface area contributed by atoms with Gasteiger partial charge in [0, 0.05) is 29.9 Å². The Morgan fingerprint density at radius 2 is 1.83 bits per heavy atom. The molecule has 9 heteroatoms. The van der Waals surface area contributed by atoms with Gasteiger partial charge in [0.1, 0.15) is 17.2 Å². The van der Waals surface area contributed by atoms with E-state index in [4.69, 9.17) is 19.2 Å². The van der Waals surface area contributed by atoms with Crippen LogP contribution in [0.4, 0.5) is 0 Å². The summed E-state index contributed by atoms with van der Waals surface area (Å²) >= 11 is 0. The van der Waals surface area contributed by atoms with Crippen LogP contribution in [0, 0.1) is 6.92 Å². The van der Waals surface area contributed by atoms with Gasteiger partial charge in [0.15, 0.2) is 11.5 Å². The highest BCUT2D eigenvalue weighted by atomic mass is 16.5. The van der Waals surface area contributed by atoms with Crippen molar-refractivity contribution in [1.29, 1.82) is 0 Å². The molecule has 35 heavy (non-hydrogen) atoms. The third kappa shape index (κ3) is 4.25. The summed E-state index contributed by atoms with van der Waals surface area (Å²) in [5.41, 5.74) is 3.51. The maximum absolute atomic E-state index is 13.5. The average Bonchev–Trinajstić information content (AvgIpc) is 3.70. The molecule has 1 aromatic carbocycles. The molecule has 3 heterocycles. The first-order valence-corrected chi connectivity index (χ1v) is 11.4. The van der Waals surface area contributed by atoms with Gasteiger partial charge in [-0.1, -0.05) is 6.07 Å². The van der Waals surface area contributed by atoms with Gasteiger partial charge in [-0.15, -0.1) is 0 Å². The summed E-state index contributed by atoms with van der Waals surface area (Å²) in [6.45, 7) is 2.09. The molecule has 1 N–H and O–H groups in total. The molecule has 0 unspecified atom stereocenters. The van der Waals surface area contributed by atoms with Crippen LogP contribution in [-0.2, 0) is 6.54 Å². The maximum atomic E-state index is 13.5. The van der Waals surface area contributed by atoms with Gasteiger partial charge in [-0.3, -0.25) is 4.79 Å². The number of pyridine rings is 2. The Morgan fingerprint density at radius 1 is 1.09 bits per heavy atom. The second-order valence-corrected chi connectivity index (χ2v) is 8.45. The number of aromatic nitrogens is 4. The Morgan fingerprint density at radius 3 is 2.43 bits per heavy atom. The number of carbonyl (C=O) groups excluding carboxylic acids is 1. The smallest absolute Gasteiger partial charge is 0.252 e. The minimum absolute atomic E-state index is 0.213. The number of fused-ring (bicyclic) bond motifs is 1. The summed E-state index contributed by atoms with van der Waals surface area (Å²) in [5.74, 6) is 2.54. The van der Waals surface area contributed by atoms with E-state index in [0.717, 1.165) is 24.1 Å². The third-order valence-corrected chi connectivity index (χ3v) is 6.18. The molecule has 1 fully saturated rings. The van der Waals surface area contributed by atoms with Crippen LogP contribution < -0.4 is 19.5 Å². The van der Waals surface area contributed by atoms with E-state index in [1.54, 1.807) is 44.3 Å². The molecule has 0 bridgehead atoms. The number of nitrogens with zero attached hydrogens (tertiary/aromatic N) is 4. The van der Waals surface area contributed by atoms with Crippen LogP contribution in [0.2, 0.25) is 0 Å². The standard InChI is InChI=1S/C26H27N5O4/c1-15-24-18(26(32)28-14-19-21(34-3)11-17(33-2)12-22(19)35-4)13-20(16-8-9-16)29-25(24)31(30-15)23-7-5-6-10-27-23/h5-7,10-13,16H,8-9,14H2,1-4H3,(H,28,32). The number of methoxy groups -OCH3 is 3. The van der Waals surface area contributed by atoms with Crippen LogP contribution in [0.5, 0.6) is 17.2 Å². The van der Waals surface area contributed by atoms with Gasteiger partial charge >= 0.3 is 0 Å². The van der Waals surface area contributed by atoms with Crippen molar-refractivity contribution in [2.75, 3.05) is 21.3 Å². The second-order valence-electron chi connectivity index (χ2n) is 8.45. The molecule has 0 spiro atoms. The fraction of sp³-hybridized carbons (Fsp3) is 0.308. The summed E-state index contributed by atoms with van der Waals surface area (Å²) < 4.78 is 18.1. The van der Waals surface area contributed by atoms with Gasteiger partial charge in [-0.25, -0.2) is 9.97 Å². The van der Waals surface area contributed by atoms with E-state index in [0.29, 0.717) is 51.3 Å². The zero-order chi connectivity index (χ0) is 24.5. The lowest BCUT2D eigenvalue weighted by Gasteiger charge is -2.16. The molecular weight excluding hydrogens is 446 g/mol. The number of carbonyl (C=O) groups is 1. The molecule has 5 rings (SSSR count). The Kier molecular flexibility index (Phi) is 5.98. The van der Waals surface area contributed by atoms with E-state index in [1.807, 2.05) is 31.2 Å². The van der Waals surface area contributed by atoms with Crippen molar-refractivity contribution in [2.24, 2.45) is 0 Å². The summed E-state index contributed by atoms with van der Waals surface area (Å²) in [5, 5.41) is 8.42. The first-order valence-electron chi connectivity index (χ1n) is 11.4. The van der Waals surface area contributed by atoms with Crippen LogP contribution in [0.1, 0.15) is 46.1 Å². The van der Waals surface area contributed by atoms with E-state index in [-0.39, 0.29) is 12.5 Å². The molecule has 0 aliphatic heterocycles. The van der Waals surface area contributed by atoms with Crippen LogP contribution in [0.25, 0.3) is 16.9 Å². The van der Waals surface area contributed by atoms with Crippen molar-refractivity contribution < 1.29 is 19.0 Å². The number of rotatable bonds is 8. The molecule has 0 atom stereocenters. The summed E-state index contributed by atoms with van der Waals surface area (Å²) in [4.78, 5) is 22.9. The predicted octanol–water partition coefficient (Wildman–Crippen LogP) is 3.96. The van der Waals surface area contributed by atoms with E-state index < -0.39 is 0 Å². The zero-order valence-electron chi connectivity index (χ0n) is 20.2. The first-order chi connectivity index (χ1) is 17.0. The molecule has 0 radical (unpaired) electrons. The summed E-state index contributed by atoms with van der Waals surface area (Å²) in [7, 11) is 4.72. The van der Waals surface area contributed by atoms with Crippen molar-refractivity contribution in [2.45, 2.75) is 32.2 Å². The van der Waals surface area contributed by atoms with Crippen LogP contribution in [-0.4, -0.2) is 47.0 Å². The molecule has 0 saturated heterocycles. The zero-order valence-corrected chi connectivity index (χ0v) is 20.2. The molecule has 1 aliphatic rings. The lowest BCUT2D eigenvalue weighted by molar-refractivity contribution is 0.0952. The highest BCUT2D eigenvalue weighted by Gasteiger charge is 2.29. The minimum atomic E-state index is -0.220. The van der Waals surface area contributed by atoms with Crippen molar-refractivity contribution in [3.8, 4) is 23.1 Å². The number of benzene rings is 1. The van der Waals surface area contributed by atoms with Crippen LogP contribution in [0.15, 0.2) is 42.6 Å². The minimum Gasteiger partial charge on any atom is -0.496 e. The Bertz CT molecular complexity index is 1370. The van der Waals surface area contributed by atoms with Gasteiger partial charge in [0.2, 0.25) is 0 Å². The number of hydrogen-bond acceptors (Lipinski definition) is 7. The van der Waals surface area contributed by atoms with Crippen molar-refractivity contribution >= 4 is 16.9 Å². The SMILES string of the molecule is COc1cc(OC)c(CNC(=O)c2cc(C3CC3)nc3c2c(C)nn3-c2ccccn2)c(OC)c1. The van der Waals surface area contributed by atoms with Gasteiger partial charge in [-0.2, -0.15) is 9.78 Å². The van der Waals surface area contributed by atoms with Gasteiger partial charge in [0.05, 0.1) is 50.1 Å². The highest BCUT2D eigenvalue weighted by molar-refractivity contribution is 6.06. The summed E-state index contributed by atoms with van der Waals surface area (Å²) in [6, 6.07) is 11.1. The normalized spacial score (nSPS) is 13.0. The van der Waals surface area contributed by atoms with Gasteiger partial charge in [0.25, 0.3) is 5.91 Å². The molecule has 9 nitrogen and oxygen atoms in total. The third-order valence-electron chi connectivity index (χ3n) is 6.18. The fourth-order valence-corrected chi connectivity index (χ4v) is 4.23. The van der Waals surface area contributed by atoms with Crippen molar-refractivity contribution in [1.82, 2.24) is 25.1 Å². The van der Waals surface area contributed by atoms with E-state index in [2.05, 4.69) is 15.4 Å². The highest BCUT2D eigenvalue weighted by Crippen LogP contribution is 2.41. The molecule has 1 saturated carbocycles. The quantitative estimate of drug-likeness (QED) is 0.413. The topological polar surface area (TPSA) is 100 Å². The van der Waals surface area contributed by atoms with E-state index >= 15 is 0 Å². The van der Waals surface area contributed by atoms with Gasteiger partial charge < -0.3 is 19.5 Å². The largest absolute Gasteiger partial charge is 0.496 e. The number of hydrogen-bond donors (Lipinski definition) is 1. The number of nitrogens with one attached hydrogen (secondary N) is 1. The van der Waals surface area contributed by atoms with E-state index in [1.165, 1.54) is 0 Å². The van der Waals surface area contributed by atoms with E-state index in [9.17, 15) is 4.79 Å². The predicted molar refractivity (Wildman–Crippen MR) is 131 cm³/mol. The average molecular weight is 474 g/mol. The fourth-order valence-electron chi connectivity index (χ4n) is 4.23. The van der Waals surface area contributed by atoms with Crippen molar-refractivity contribution in [3.05, 3.63) is 65.1 Å². The number of amides is 1. The Balaban J connectivity index is 1.54. The monoisotopic (exact) mass is 473 g/mol. The maximum Gasteiger partial charge on any atom is 0.252 e. The number of aryl methyl sites for hydroxylation is 1. The van der Waals surface area contributed by atoms with Gasteiger partial charge in [-0.05, 0) is 38.0 Å². The lowest BCUT2D eigenvalue weighted by atomic mass is 10.1. The molecule has 1 aliphatic carbocycles.